The first-order chi connectivity index (χ1) is 19.8. The molecule has 0 aromatic carbocycles. The molecule has 0 fully saturated rings. The van der Waals surface area contributed by atoms with Crippen LogP contribution in [-0.2, 0) is 10.2 Å². The van der Waals surface area contributed by atoms with Crippen molar-refractivity contribution in [1.82, 2.24) is 15.0 Å². The third-order valence-corrected chi connectivity index (χ3v) is 7.13. The Balaban J connectivity index is 1.63. The zero-order valence-electron chi connectivity index (χ0n) is 24.9. The number of carbonyl (C=O) groups excluding carboxylic acids is 2. The number of pyridine rings is 3. The molecule has 1 aliphatic rings. The van der Waals surface area contributed by atoms with Gasteiger partial charge in [-0.2, -0.15) is 5.26 Å². The van der Waals surface area contributed by atoms with Gasteiger partial charge in [0.2, 0.25) is 5.91 Å². The average molecular weight is 561 g/mol. The SMILES string of the molecule is C=C1CC=CC(c2cc(NC(=O)c3ccnc(C(C)(C)C#N)c3)cnc2C)=CC1c1ccnc(NC(=O)C(C)(C)C)c1. The van der Waals surface area contributed by atoms with Crippen LogP contribution in [0.4, 0.5) is 11.5 Å². The number of aryl methyl sites for hydroxylation is 1. The van der Waals surface area contributed by atoms with Crippen LogP contribution < -0.4 is 10.6 Å². The maximum atomic E-state index is 13.1. The van der Waals surface area contributed by atoms with Gasteiger partial charge in [-0.15, -0.1) is 0 Å². The molecule has 0 bridgehead atoms. The van der Waals surface area contributed by atoms with E-state index in [4.69, 9.17) is 0 Å². The molecular weight excluding hydrogens is 524 g/mol. The molecule has 4 rings (SSSR count). The van der Waals surface area contributed by atoms with Crippen molar-refractivity contribution in [2.24, 2.45) is 5.41 Å². The second-order valence-electron chi connectivity index (χ2n) is 12.0. The van der Waals surface area contributed by atoms with E-state index in [2.05, 4.69) is 50.4 Å². The van der Waals surface area contributed by atoms with Crippen LogP contribution in [0.1, 0.15) is 79.8 Å². The van der Waals surface area contributed by atoms with E-state index in [0.717, 1.165) is 28.0 Å². The summed E-state index contributed by atoms with van der Waals surface area (Å²) < 4.78 is 0. The molecule has 2 N–H and O–H groups in total. The fourth-order valence-electron chi connectivity index (χ4n) is 4.41. The standard InChI is InChI=1S/C34H36N6O2/c1-21-9-8-10-23(15-27(21)24-11-14-37-30(17-24)40-32(42)33(3,4)5)28-18-26(19-38-22(28)2)39-31(41)25-12-13-36-29(16-25)34(6,7)20-35/h8,10-19,27H,1,9H2,2-7H3,(H,39,41)(H,37,40,42). The molecule has 0 spiro atoms. The van der Waals surface area contributed by atoms with Crippen LogP contribution in [0.25, 0.3) is 5.57 Å². The fraction of sp³-hybridized carbons (Fsp3) is 0.294. The van der Waals surface area contributed by atoms with E-state index in [9.17, 15) is 14.9 Å². The van der Waals surface area contributed by atoms with Gasteiger partial charge >= 0.3 is 0 Å². The summed E-state index contributed by atoms with van der Waals surface area (Å²) in [5.41, 5.74) is 4.71. The number of nitriles is 1. The Morgan fingerprint density at radius 2 is 1.76 bits per heavy atom. The topological polar surface area (TPSA) is 121 Å². The number of amides is 2. The van der Waals surface area contributed by atoms with Gasteiger partial charge in [-0.3, -0.25) is 19.6 Å². The van der Waals surface area contributed by atoms with Crippen molar-refractivity contribution in [2.75, 3.05) is 10.6 Å². The lowest BCUT2D eigenvalue weighted by Gasteiger charge is -2.19. The fourth-order valence-corrected chi connectivity index (χ4v) is 4.41. The summed E-state index contributed by atoms with van der Waals surface area (Å²) in [4.78, 5) is 38.9. The summed E-state index contributed by atoms with van der Waals surface area (Å²) in [6.07, 6.45) is 11.8. The van der Waals surface area contributed by atoms with E-state index in [1.807, 2.05) is 52.0 Å². The first-order valence-corrected chi connectivity index (χ1v) is 13.8. The van der Waals surface area contributed by atoms with E-state index >= 15 is 0 Å². The van der Waals surface area contributed by atoms with E-state index in [1.165, 1.54) is 6.20 Å². The first kappa shape index (κ1) is 30.1. The molecule has 0 saturated carbocycles. The Hall–Kier alpha value is -4.90. The zero-order chi connectivity index (χ0) is 30.7. The molecule has 3 aromatic rings. The summed E-state index contributed by atoms with van der Waals surface area (Å²) in [6.45, 7) is 15.4. The molecule has 2 amide bonds. The molecule has 3 aromatic heterocycles. The number of nitrogens with zero attached hydrogens (tertiary/aromatic N) is 4. The molecule has 214 valence electrons. The predicted octanol–water partition coefficient (Wildman–Crippen LogP) is 6.90. The Morgan fingerprint density at radius 3 is 2.48 bits per heavy atom. The van der Waals surface area contributed by atoms with Crippen LogP contribution in [0.3, 0.4) is 0 Å². The highest BCUT2D eigenvalue weighted by Crippen LogP contribution is 2.36. The van der Waals surface area contributed by atoms with Crippen LogP contribution in [0, 0.1) is 23.7 Å². The maximum Gasteiger partial charge on any atom is 0.255 e. The van der Waals surface area contributed by atoms with Crippen molar-refractivity contribution >= 4 is 28.9 Å². The molecule has 0 radical (unpaired) electrons. The summed E-state index contributed by atoms with van der Waals surface area (Å²) in [5.74, 6) is -0.0589. The second kappa shape index (κ2) is 11.9. The van der Waals surface area contributed by atoms with Gasteiger partial charge in [0.05, 0.1) is 29.1 Å². The molecule has 1 unspecified atom stereocenters. The minimum absolute atomic E-state index is 0.109. The Kier molecular flexibility index (Phi) is 8.53. The maximum absolute atomic E-state index is 13.1. The lowest BCUT2D eigenvalue weighted by molar-refractivity contribution is -0.123. The number of carbonyl (C=O) groups is 2. The molecule has 8 heteroatoms. The number of nitrogens with one attached hydrogen (secondary N) is 2. The van der Waals surface area contributed by atoms with Crippen molar-refractivity contribution in [2.45, 2.75) is 59.3 Å². The van der Waals surface area contributed by atoms with Gasteiger partial charge in [-0.25, -0.2) is 4.98 Å². The van der Waals surface area contributed by atoms with E-state index in [0.29, 0.717) is 29.2 Å². The number of hydrogen-bond acceptors (Lipinski definition) is 6. The van der Waals surface area contributed by atoms with Crippen molar-refractivity contribution in [3.05, 3.63) is 107 Å². The predicted molar refractivity (Wildman–Crippen MR) is 166 cm³/mol. The lowest BCUT2D eigenvalue weighted by Crippen LogP contribution is -2.28. The monoisotopic (exact) mass is 560 g/mol. The van der Waals surface area contributed by atoms with Crippen molar-refractivity contribution in [3.63, 3.8) is 0 Å². The number of anilines is 2. The van der Waals surface area contributed by atoms with Crippen LogP contribution in [0.15, 0.2) is 79.3 Å². The highest BCUT2D eigenvalue weighted by Gasteiger charge is 2.24. The normalized spacial score (nSPS) is 15.3. The smallest absolute Gasteiger partial charge is 0.255 e. The van der Waals surface area contributed by atoms with Gasteiger partial charge in [0, 0.05) is 40.5 Å². The quantitative estimate of drug-likeness (QED) is 0.316. The third kappa shape index (κ3) is 6.87. The lowest BCUT2D eigenvalue weighted by atomic mass is 9.89. The summed E-state index contributed by atoms with van der Waals surface area (Å²) in [6, 6.07) is 11.2. The van der Waals surface area contributed by atoms with E-state index in [-0.39, 0.29) is 17.7 Å². The van der Waals surface area contributed by atoms with Gasteiger partial charge in [-0.1, -0.05) is 51.2 Å². The Labute approximate surface area is 247 Å². The summed E-state index contributed by atoms with van der Waals surface area (Å²) in [7, 11) is 0. The van der Waals surface area contributed by atoms with Gasteiger partial charge < -0.3 is 10.6 Å². The Bertz CT molecular complexity index is 1650. The first-order valence-electron chi connectivity index (χ1n) is 13.8. The number of hydrogen-bond donors (Lipinski definition) is 2. The van der Waals surface area contributed by atoms with Gasteiger partial charge in [0.1, 0.15) is 5.82 Å². The van der Waals surface area contributed by atoms with Gasteiger partial charge in [0.15, 0.2) is 0 Å². The summed E-state index contributed by atoms with van der Waals surface area (Å²) in [5, 5.41) is 15.3. The molecule has 8 nitrogen and oxygen atoms in total. The van der Waals surface area contributed by atoms with Gasteiger partial charge in [-0.05, 0) is 68.7 Å². The zero-order valence-corrected chi connectivity index (χ0v) is 24.9. The van der Waals surface area contributed by atoms with Crippen LogP contribution >= 0.6 is 0 Å². The highest BCUT2D eigenvalue weighted by molar-refractivity contribution is 6.04. The van der Waals surface area contributed by atoms with Crippen LogP contribution in [-0.4, -0.2) is 26.8 Å². The van der Waals surface area contributed by atoms with Crippen molar-refractivity contribution in [1.29, 1.82) is 5.26 Å². The minimum Gasteiger partial charge on any atom is -0.321 e. The van der Waals surface area contributed by atoms with Crippen LogP contribution in [0.2, 0.25) is 0 Å². The minimum atomic E-state index is -0.818. The summed E-state index contributed by atoms with van der Waals surface area (Å²) >= 11 is 0. The van der Waals surface area contributed by atoms with Gasteiger partial charge in [0.25, 0.3) is 5.91 Å². The molecular formula is C34H36N6O2. The van der Waals surface area contributed by atoms with Crippen molar-refractivity contribution in [3.8, 4) is 6.07 Å². The van der Waals surface area contributed by atoms with E-state index < -0.39 is 10.8 Å². The molecule has 1 atom stereocenters. The third-order valence-electron chi connectivity index (χ3n) is 7.13. The second-order valence-corrected chi connectivity index (χ2v) is 12.0. The molecule has 0 aliphatic heterocycles. The van der Waals surface area contributed by atoms with Crippen LogP contribution in [0.5, 0.6) is 0 Å². The number of rotatable bonds is 6. The molecule has 3 heterocycles. The molecule has 42 heavy (non-hydrogen) atoms. The molecule has 1 aliphatic carbocycles. The van der Waals surface area contributed by atoms with Crippen molar-refractivity contribution < 1.29 is 9.59 Å². The Morgan fingerprint density at radius 1 is 1.02 bits per heavy atom. The molecule has 0 saturated heterocycles. The number of aromatic nitrogens is 3. The van der Waals surface area contributed by atoms with E-state index in [1.54, 1.807) is 38.4 Å². The largest absolute Gasteiger partial charge is 0.321 e. The highest BCUT2D eigenvalue weighted by atomic mass is 16.2. The number of allylic oxidation sites excluding steroid dienone is 5. The average Bonchev–Trinajstić information content (AvgIpc) is 3.15.